The molecule has 0 aliphatic carbocycles. The van der Waals surface area contributed by atoms with Crippen LogP contribution in [0.1, 0.15) is 145 Å². The van der Waals surface area contributed by atoms with Crippen molar-refractivity contribution >= 4 is 40.9 Å². The molecule has 0 heterocycles. The van der Waals surface area contributed by atoms with Crippen LogP contribution >= 0.6 is 0 Å². The minimum atomic E-state index is -1.74. The van der Waals surface area contributed by atoms with E-state index in [9.17, 15) is 34.2 Å². The number of benzene rings is 3. The Hall–Kier alpha value is -2.99. The maximum Gasteiger partial charge on any atom is 1.00 e. The smallest absolute Gasteiger partial charge is 0.545 e. The maximum absolute atomic E-state index is 13.1. The zero-order valence-electron chi connectivity index (χ0n) is 30.9. The summed E-state index contributed by atoms with van der Waals surface area (Å²) in [5.74, 6) is -4.73. The number of carbonyl (C=O) groups excluding carboxylic acids is 5. The summed E-state index contributed by atoms with van der Waals surface area (Å²) in [7, 11) is 0. The number of hydrogen-bond donors (Lipinski definition) is 2. The number of carboxylic acids is 2. The molecule has 0 fully saturated rings. The van der Waals surface area contributed by atoms with E-state index in [2.05, 4.69) is 17.6 Å². The molecular formula is C40H48N2Na2O8. The van der Waals surface area contributed by atoms with Gasteiger partial charge in [0.15, 0.2) is 5.78 Å². The molecular weight excluding hydrogens is 682 g/mol. The summed E-state index contributed by atoms with van der Waals surface area (Å²) in [6.07, 6.45) is 16.8. The number of hydrogen-bond acceptors (Lipinski definition) is 8. The number of rotatable bonds is 24. The minimum Gasteiger partial charge on any atom is -0.545 e. The maximum atomic E-state index is 13.1. The van der Waals surface area contributed by atoms with Gasteiger partial charge in [0.2, 0.25) is 5.91 Å². The number of Topliss-reactive ketones (excluding diaryl/α,β-unsaturated/α-hetero) is 1. The molecule has 52 heavy (non-hydrogen) atoms. The van der Waals surface area contributed by atoms with Crippen LogP contribution in [0.2, 0.25) is 0 Å². The van der Waals surface area contributed by atoms with Gasteiger partial charge in [0.05, 0.1) is 30.7 Å². The normalized spacial score (nSPS) is 10.3. The molecule has 0 radical (unpaired) electrons. The summed E-state index contributed by atoms with van der Waals surface area (Å²) < 4.78 is 6.00. The fourth-order valence-corrected chi connectivity index (χ4v) is 5.61. The van der Waals surface area contributed by atoms with Crippen molar-refractivity contribution in [1.29, 1.82) is 0 Å². The molecule has 10 nitrogen and oxygen atoms in total. The molecule has 3 aromatic rings. The van der Waals surface area contributed by atoms with Crippen LogP contribution in [0, 0.1) is 0 Å². The Morgan fingerprint density at radius 1 is 0.596 bits per heavy atom. The van der Waals surface area contributed by atoms with Crippen LogP contribution in [-0.2, 0) is 4.79 Å². The summed E-state index contributed by atoms with van der Waals surface area (Å²) in [5.41, 5.74) is -0.541. The van der Waals surface area contributed by atoms with Gasteiger partial charge in [-0.3, -0.25) is 14.4 Å². The van der Waals surface area contributed by atoms with Gasteiger partial charge < -0.3 is 35.2 Å². The van der Waals surface area contributed by atoms with Gasteiger partial charge in [-0.05, 0) is 36.8 Å². The topological polar surface area (TPSA) is 165 Å². The van der Waals surface area contributed by atoms with Crippen LogP contribution in [0.5, 0.6) is 5.75 Å². The third kappa shape index (κ3) is 17.2. The van der Waals surface area contributed by atoms with E-state index in [1.165, 1.54) is 88.8 Å². The first-order valence-corrected chi connectivity index (χ1v) is 17.7. The number of ketones is 1. The minimum absolute atomic E-state index is 0. The van der Waals surface area contributed by atoms with E-state index < -0.39 is 41.3 Å². The Kier molecular flexibility index (Phi) is 24.2. The first kappa shape index (κ1) is 47.0. The van der Waals surface area contributed by atoms with E-state index in [4.69, 9.17) is 4.74 Å². The number of nitrogens with one attached hydrogen (secondary N) is 2. The predicted molar refractivity (Wildman–Crippen MR) is 189 cm³/mol. The summed E-state index contributed by atoms with van der Waals surface area (Å²) in [6.45, 7) is 2.64. The number of ether oxygens (including phenoxy) is 1. The number of unbranched alkanes of at least 4 members (excludes halogenated alkanes) is 13. The molecule has 0 aliphatic heterocycles. The third-order valence-electron chi connectivity index (χ3n) is 8.41. The van der Waals surface area contributed by atoms with Crippen molar-refractivity contribution in [2.75, 3.05) is 17.2 Å². The zero-order chi connectivity index (χ0) is 36.1. The van der Waals surface area contributed by atoms with E-state index in [0.29, 0.717) is 17.9 Å². The van der Waals surface area contributed by atoms with Gasteiger partial charge in [-0.25, -0.2) is 0 Å². The molecule has 0 aromatic heterocycles. The van der Waals surface area contributed by atoms with Crippen molar-refractivity contribution in [3.05, 3.63) is 89.0 Å². The van der Waals surface area contributed by atoms with Crippen molar-refractivity contribution in [2.24, 2.45) is 0 Å². The van der Waals surface area contributed by atoms with Crippen molar-refractivity contribution in [2.45, 2.75) is 103 Å². The van der Waals surface area contributed by atoms with Crippen molar-refractivity contribution in [1.82, 2.24) is 0 Å². The molecule has 0 bridgehead atoms. The summed E-state index contributed by atoms with van der Waals surface area (Å²) >= 11 is 0. The van der Waals surface area contributed by atoms with E-state index in [-0.39, 0.29) is 81.8 Å². The molecule has 0 atom stereocenters. The number of aromatic carboxylic acids is 2. The van der Waals surface area contributed by atoms with Gasteiger partial charge in [-0.2, -0.15) is 0 Å². The Balaban J connectivity index is 0.00000676. The molecule has 268 valence electrons. The van der Waals surface area contributed by atoms with Crippen molar-refractivity contribution < 1.29 is 98.0 Å². The van der Waals surface area contributed by atoms with Crippen molar-refractivity contribution in [3.63, 3.8) is 0 Å². The van der Waals surface area contributed by atoms with Crippen LogP contribution in [0.3, 0.4) is 0 Å². The first-order valence-electron chi connectivity index (χ1n) is 17.7. The molecule has 0 aliphatic rings. The van der Waals surface area contributed by atoms with Gasteiger partial charge in [-0.15, -0.1) is 0 Å². The Morgan fingerprint density at radius 3 is 1.71 bits per heavy atom. The average Bonchev–Trinajstić information content (AvgIpc) is 3.10. The second-order valence-corrected chi connectivity index (χ2v) is 12.5. The van der Waals surface area contributed by atoms with Gasteiger partial charge in [-0.1, -0.05) is 127 Å². The van der Waals surface area contributed by atoms with Crippen molar-refractivity contribution in [3.8, 4) is 5.75 Å². The summed E-state index contributed by atoms with van der Waals surface area (Å²) in [5, 5.41) is 27.9. The molecule has 2 amide bonds. The second kappa shape index (κ2) is 26.7. The quantitative estimate of drug-likeness (QED) is 0.0590. The molecule has 0 spiro atoms. The number of amides is 2. The Morgan fingerprint density at radius 2 is 1.15 bits per heavy atom. The number of carboxylic acid groups (broad SMARTS) is 2. The standard InChI is InChI=1S/C40H50N2O8.2Na/c1-2-3-4-5-6-7-8-9-10-11-12-13-14-18-25-50-36-24-21-30(26-34(36)42-37(44)28-35(43)29-19-16-15-17-20-29)38(45)41-31-22-23-32(39(46)47)33(27-31)40(48)49;;/h15-17,19-24,26-27H,2-14,18,25,28H2,1H3,(H,41,45)(H,42,44)(H,46,47)(H,48,49);;/q;2*+1/p-2. The molecule has 0 unspecified atom stereocenters. The Bertz CT molecular complexity index is 1580. The molecule has 0 saturated heterocycles. The monoisotopic (exact) mass is 730 g/mol. The molecule has 12 heteroatoms. The molecule has 0 saturated carbocycles. The van der Waals surface area contributed by atoms with E-state index in [1.54, 1.807) is 36.4 Å². The largest absolute Gasteiger partial charge is 1.00 e. The molecule has 3 rings (SSSR count). The van der Waals surface area contributed by atoms with Crippen LogP contribution in [0.25, 0.3) is 0 Å². The third-order valence-corrected chi connectivity index (χ3v) is 8.41. The molecule has 2 N–H and O–H groups in total. The zero-order valence-corrected chi connectivity index (χ0v) is 34.9. The number of anilines is 2. The number of carbonyl (C=O) groups is 5. The van der Waals surface area contributed by atoms with Crippen LogP contribution in [0.15, 0.2) is 66.7 Å². The van der Waals surface area contributed by atoms with Gasteiger partial charge >= 0.3 is 59.1 Å². The van der Waals surface area contributed by atoms with Gasteiger partial charge in [0, 0.05) is 27.9 Å². The molecule has 3 aromatic carbocycles. The second-order valence-electron chi connectivity index (χ2n) is 12.5. The SMILES string of the molecule is CCCCCCCCCCCCCCCCOc1ccc(C(=O)Nc2ccc(C(=O)[O-])c(C(=O)[O-])c2)cc1NC(=O)CC(=O)c1ccccc1.[Na+].[Na+]. The van der Waals surface area contributed by atoms with Gasteiger partial charge in [0.25, 0.3) is 5.91 Å². The Labute approximate surface area is 351 Å². The van der Waals surface area contributed by atoms with Crippen LogP contribution in [-0.4, -0.2) is 36.1 Å². The van der Waals surface area contributed by atoms with E-state index in [0.717, 1.165) is 31.4 Å². The average molecular weight is 731 g/mol. The van der Waals surface area contributed by atoms with Gasteiger partial charge in [0.1, 0.15) is 5.75 Å². The van der Waals surface area contributed by atoms with E-state index in [1.807, 2.05) is 0 Å². The van der Waals surface area contributed by atoms with Crippen LogP contribution < -0.4 is 84.7 Å². The van der Waals surface area contributed by atoms with Crippen LogP contribution in [0.4, 0.5) is 11.4 Å². The summed E-state index contributed by atoms with van der Waals surface area (Å²) in [6, 6.07) is 16.0. The summed E-state index contributed by atoms with van der Waals surface area (Å²) in [4.78, 5) is 61.4. The predicted octanol–water partition coefficient (Wildman–Crippen LogP) is 0.746. The fourth-order valence-electron chi connectivity index (χ4n) is 5.61. The fraction of sp³-hybridized carbons (Fsp3) is 0.425. The van der Waals surface area contributed by atoms with E-state index >= 15 is 0 Å². The first-order chi connectivity index (χ1) is 24.2.